The summed E-state index contributed by atoms with van der Waals surface area (Å²) in [5.41, 5.74) is 0. The van der Waals surface area contributed by atoms with E-state index in [9.17, 15) is 14.3 Å². The summed E-state index contributed by atoms with van der Waals surface area (Å²) in [5, 5.41) is 8.69. The van der Waals surface area contributed by atoms with E-state index in [0.29, 0.717) is 37.1 Å². The molecule has 0 bridgehead atoms. The van der Waals surface area contributed by atoms with Gasteiger partial charge in [-0.1, -0.05) is 39.0 Å². The Bertz CT molecular complexity index is 498. The molecule has 0 aromatic rings. The number of quaternary nitrogens is 1. The molecule has 0 aliphatic carbocycles. The van der Waals surface area contributed by atoms with Crippen LogP contribution < -0.4 is 4.89 Å². The fourth-order valence-electron chi connectivity index (χ4n) is 2.61. The van der Waals surface area contributed by atoms with Gasteiger partial charge in [-0.05, 0) is 19.3 Å². The maximum absolute atomic E-state index is 12.0. The van der Waals surface area contributed by atoms with Gasteiger partial charge < -0.3 is 33.0 Å². The van der Waals surface area contributed by atoms with E-state index in [1.165, 1.54) is 25.7 Å². The third kappa shape index (κ3) is 22.4. The molecular formula is C21H44NO8P. The van der Waals surface area contributed by atoms with Gasteiger partial charge in [0.15, 0.2) is 0 Å². The van der Waals surface area contributed by atoms with Crippen LogP contribution in [0.4, 0.5) is 0 Å². The zero-order chi connectivity index (χ0) is 23.6. The Labute approximate surface area is 188 Å². The fraction of sp³-hybridized carbons (Fsp3) is 0.952. The fourth-order valence-corrected chi connectivity index (χ4v) is 3.34. The second kappa shape index (κ2) is 18.0. The van der Waals surface area contributed by atoms with Gasteiger partial charge in [-0.25, -0.2) is 0 Å². The molecular weight excluding hydrogens is 425 g/mol. The predicted octanol–water partition coefficient (Wildman–Crippen LogP) is 3.21. The van der Waals surface area contributed by atoms with Crippen molar-refractivity contribution >= 4 is 13.8 Å². The number of nitrogens with zero attached hydrogens (tertiary/aromatic N) is 1. The summed E-state index contributed by atoms with van der Waals surface area (Å²) < 4.78 is 33.8. The van der Waals surface area contributed by atoms with Crippen molar-refractivity contribution in [3.05, 3.63) is 0 Å². The zero-order valence-corrected chi connectivity index (χ0v) is 20.8. The monoisotopic (exact) mass is 469 g/mol. The second-order valence-electron chi connectivity index (χ2n) is 8.78. The molecule has 0 rings (SSSR count). The van der Waals surface area contributed by atoms with Crippen LogP contribution in [-0.2, 0) is 27.9 Å². The second-order valence-corrected chi connectivity index (χ2v) is 10.2. The summed E-state index contributed by atoms with van der Waals surface area (Å²) >= 11 is 0. The molecule has 186 valence electrons. The van der Waals surface area contributed by atoms with E-state index in [1.54, 1.807) is 0 Å². The molecule has 0 aliphatic rings. The highest BCUT2D eigenvalue weighted by Crippen LogP contribution is 2.38. The first-order valence-corrected chi connectivity index (χ1v) is 12.8. The number of carbonyl (C=O) groups is 1. The van der Waals surface area contributed by atoms with Crippen LogP contribution >= 0.6 is 7.82 Å². The average Bonchev–Trinajstić information content (AvgIpc) is 2.65. The highest BCUT2D eigenvalue weighted by Gasteiger charge is 2.17. The number of carboxylic acid groups (broad SMARTS) is 1. The van der Waals surface area contributed by atoms with Crippen molar-refractivity contribution < 1.29 is 42.4 Å². The SMILES string of the molecule is CCCCCCCCOCC(COP(=O)([O-])OCC[N+](C)(C)C)OCCCCC(=O)O. The van der Waals surface area contributed by atoms with Crippen LogP contribution in [0.3, 0.4) is 0 Å². The van der Waals surface area contributed by atoms with E-state index in [-0.39, 0.29) is 26.2 Å². The molecule has 0 heterocycles. The summed E-state index contributed by atoms with van der Waals surface area (Å²) in [5.74, 6) is -0.847. The topological polar surface area (TPSA) is 114 Å². The largest absolute Gasteiger partial charge is 0.756 e. The number of phosphoric acid groups is 1. The van der Waals surface area contributed by atoms with Crippen LogP contribution in [-0.4, -0.2) is 82.4 Å². The van der Waals surface area contributed by atoms with Gasteiger partial charge >= 0.3 is 5.97 Å². The molecule has 2 atom stereocenters. The van der Waals surface area contributed by atoms with E-state index in [4.69, 9.17) is 23.6 Å². The van der Waals surface area contributed by atoms with E-state index >= 15 is 0 Å². The molecule has 0 saturated heterocycles. The third-order valence-corrected chi connectivity index (χ3v) is 5.48. The van der Waals surface area contributed by atoms with Crippen LogP contribution in [0.1, 0.15) is 64.7 Å². The lowest BCUT2D eigenvalue weighted by Gasteiger charge is -2.28. The summed E-state index contributed by atoms with van der Waals surface area (Å²) in [7, 11) is 1.40. The number of aliphatic carboxylic acids is 1. The Hall–Kier alpha value is -0.540. The van der Waals surface area contributed by atoms with Crippen LogP contribution in [0, 0.1) is 0 Å². The summed E-state index contributed by atoms with van der Waals surface area (Å²) in [6.07, 6.45) is 7.52. The van der Waals surface area contributed by atoms with Crippen LogP contribution in [0.15, 0.2) is 0 Å². The Morgan fingerprint density at radius 3 is 2.23 bits per heavy atom. The van der Waals surface area contributed by atoms with Crippen molar-refractivity contribution in [2.24, 2.45) is 0 Å². The Morgan fingerprint density at radius 2 is 1.58 bits per heavy atom. The molecule has 0 radical (unpaired) electrons. The van der Waals surface area contributed by atoms with Crippen molar-refractivity contribution in [1.82, 2.24) is 0 Å². The Balaban J connectivity index is 4.28. The normalized spacial score (nSPS) is 15.0. The molecule has 0 aromatic heterocycles. The molecule has 0 saturated carbocycles. The molecule has 0 amide bonds. The molecule has 9 nitrogen and oxygen atoms in total. The van der Waals surface area contributed by atoms with Gasteiger partial charge in [-0.3, -0.25) is 9.36 Å². The van der Waals surface area contributed by atoms with Crippen LogP contribution in [0.25, 0.3) is 0 Å². The number of unbranched alkanes of at least 4 members (excludes halogenated alkanes) is 6. The van der Waals surface area contributed by atoms with E-state index in [2.05, 4.69) is 6.92 Å². The van der Waals surface area contributed by atoms with Crippen LogP contribution in [0.5, 0.6) is 0 Å². The van der Waals surface area contributed by atoms with Crippen molar-refractivity contribution in [3.63, 3.8) is 0 Å². The van der Waals surface area contributed by atoms with Crippen molar-refractivity contribution in [2.75, 3.05) is 60.7 Å². The summed E-state index contributed by atoms with van der Waals surface area (Å²) in [6.45, 7) is 3.67. The number of hydrogen-bond donors (Lipinski definition) is 1. The molecule has 31 heavy (non-hydrogen) atoms. The number of phosphoric ester groups is 1. The van der Waals surface area contributed by atoms with Crippen molar-refractivity contribution in [3.8, 4) is 0 Å². The minimum Gasteiger partial charge on any atom is -0.756 e. The minimum absolute atomic E-state index is 0.0412. The standard InChI is InChI=1S/C21H44NO8P/c1-5-6-7-8-9-11-15-27-18-20(28-16-12-10-13-21(23)24)19-30-31(25,26)29-17-14-22(2,3)4/h20H,5-19H2,1-4H3,(H-,23,24,25,26). The van der Waals surface area contributed by atoms with Gasteiger partial charge in [0, 0.05) is 19.6 Å². The summed E-state index contributed by atoms with van der Waals surface area (Å²) in [6, 6.07) is 0. The number of ether oxygens (including phenoxy) is 2. The highest BCUT2D eigenvalue weighted by atomic mass is 31.2. The lowest BCUT2D eigenvalue weighted by molar-refractivity contribution is -0.870. The lowest BCUT2D eigenvalue weighted by atomic mass is 10.1. The molecule has 0 aromatic carbocycles. The third-order valence-electron chi connectivity index (χ3n) is 4.51. The molecule has 2 unspecified atom stereocenters. The van der Waals surface area contributed by atoms with E-state index < -0.39 is 19.9 Å². The molecule has 0 fully saturated rings. The Morgan fingerprint density at radius 1 is 0.935 bits per heavy atom. The first-order chi connectivity index (χ1) is 14.6. The van der Waals surface area contributed by atoms with Gasteiger partial charge in [0.2, 0.25) is 0 Å². The van der Waals surface area contributed by atoms with E-state index in [0.717, 1.165) is 12.8 Å². The maximum Gasteiger partial charge on any atom is 0.303 e. The Kier molecular flexibility index (Phi) is 17.6. The average molecular weight is 470 g/mol. The van der Waals surface area contributed by atoms with Crippen molar-refractivity contribution in [2.45, 2.75) is 70.8 Å². The van der Waals surface area contributed by atoms with Crippen molar-refractivity contribution in [1.29, 1.82) is 0 Å². The molecule has 0 spiro atoms. The predicted molar refractivity (Wildman–Crippen MR) is 118 cm³/mol. The first kappa shape index (κ1) is 30.5. The maximum atomic E-state index is 12.0. The minimum atomic E-state index is -4.42. The van der Waals surface area contributed by atoms with Gasteiger partial charge in [0.05, 0.1) is 34.4 Å². The van der Waals surface area contributed by atoms with Gasteiger partial charge in [-0.15, -0.1) is 0 Å². The molecule has 0 aliphatic heterocycles. The number of rotatable bonds is 22. The van der Waals surface area contributed by atoms with Gasteiger partial charge in [-0.2, -0.15) is 0 Å². The lowest BCUT2D eigenvalue weighted by Crippen LogP contribution is -2.37. The smallest absolute Gasteiger partial charge is 0.303 e. The molecule has 1 N–H and O–H groups in total. The summed E-state index contributed by atoms with van der Waals surface area (Å²) in [4.78, 5) is 22.6. The van der Waals surface area contributed by atoms with E-state index in [1.807, 2.05) is 21.1 Å². The number of carboxylic acids is 1. The van der Waals surface area contributed by atoms with Gasteiger partial charge in [0.25, 0.3) is 7.82 Å². The zero-order valence-electron chi connectivity index (χ0n) is 19.9. The number of hydrogen-bond acceptors (Lipinski definition) is 7. The highest BCUT2D eigenvalue weighted by molar-refractivity contribution is 7.45. The number of likely N-dealkylation sites (N-methyl/N-ethyl adjacent to an activating group) is 1. The molecule has 10 heteroatoms. The van der Waals surface area contributed by atoms with Crippen LogP contribution in [0.2, 0.25) is 0 Å². The first-order valence-electron chi connectivity index (χ1n) is 11.4. The van der Waals surface area contributed by atoms with Gasteiger partial charge in [0.1, 0.15) is 19.3 Å². The quantitative estimate of drug-likeness (QED) is 0.146.